The predicted octanol–water partition coefficient (Wildman–Crippen LogP) is 1.82. The molecule has 1 heterocycles. The molecule has 0 amide bonds. The van der Waals surface area contributed by atoms with Crippen molar-refractivity contribution in [3.63, 3.8) is 0 Å². The number of aliphatic hydroxyl groups excluding tert-OH is 1. The molecule has 0 bridgehead atoms. The third-order valence-electron chi connectivity index (χ3n) is 1.93. The van der Waals surface area contributed by atoms with Gasteiger partial charge < -0.3 is 14.3 Å². The van der Waals surface area contributed by atoms with Crippen molar-refractivity contribution in [3.05, 3.63) is 36.3 Å². The molecule has 1 N–H and O–H groups in total. The fourth-order valence-corrected chi connectivity index (χ4v) is 1.12. The van der Waals surface area contributed by atoms with E-state index in [1.165, 1.54) is 19.4 Å². The number of methoxy groups -OCH3 is 1. The zero-order valence-electron chi connectivity index (χ0n) is 8.55. The first-order valence-electron chi connectivity index (χ1n) is 4.70. The van der Waals surface area contributed by atoms with E-state index in [0.29, 0.717) is 18.6 Å². The van der Waals surface area contributed by atoms with E-state index in [-0.39, 0.29) is 5.97 Å². The van der Waals surface area contributed by atoms with Gasteiger partial charge in [-0.1, -0.05) is 6.08 Å². The van der Waals surface area contributed by atoms with Gasteiger partial charge in [0, 0.05) is 6.08 Å². The minimum atomic E-state index is -0.623. The molecule has 4 nitrogen and oxygen atoms in total. The number of hydrogen-bond donors (Lipinski definition) is 1. The summed E-state index contributed by atoms with van der Waals surface area (Å²) in [4.78, 5) is 10.7. The van der Waals surface area contributed by atoms with Crippen molar-refractivity contribution in [2.75, 3.05) is 7.11 Å². The van der Waals surface area contributed by atoms with Gasteiger partial charge in [0.05, 0.1) is 13.4 Å². The Morgan fingerprint density at radius 3 is 3.13 bits per heavy atom. The Balaban J connectivity index is 2.26. The second-order valence-electron chi connectivity index (χ2n) is 3.03. The largest absolute Gasteiger partial charge is 0.467 e. The highest BCUT2D eigenvalue weighted by Crippen LogP contribution is 2.18. The molecule has 0 saturated heterocycles. The molecule has 1 aromatic heterocycles. The molecule has 1 atom stereocenters. The van der Waals surface area contributed by atoms with Crippen molar-refractivity contribution in [2.24, 2.45) is 0 Å². The van der Waals surface area contributed by atoms with Crippen molar-refractivity contribution < 1.29 is 19.1 Å². The normalized spacial score (nSPS) is 12.9. The summed E-state index contributed by atoms with van der Waals surface area (Å²) in [5.74, 6) is 0.156. The molecule has 4 heteroatoms. The van der Waals surface area contributed by atoms with Crippen LogP contribution < -0.4 is 0 Å². The van der Waals surface area contributed by atoms with Crippen LogP contribution in [0.4, 0.5) is 0 Å². The number of furan rings is 1. The van der Waals surface area contributed by atoms with Gasteiger partial charge in [-0.3, -0.25) is 0 Å². The second kappa shape index (κ2) is 6.03. The monoisotopic (exact) mass is 210 g/mol. The Labute approximate surface area is 88.2 Å². The summed E-state index contributed by atoms with van der Waals surface area (Å²) in [5, 5.41) is 9.59. The summed E-state index contributed by atoms with van der Waals surface area (Å²) in [6.45, 7) is 0. The zero-order valence-corrected chi connectivity index (χ0v) is 8.55. The van der Waals surface area contributed by atoms with E-state index in [2.05, 4.69) is 4.74 Å². The quantitative estimate of drug-likeness (QED) is 0.595. The molecular weight excluding hydrogens is 196 g/mol. The van der Waals surface area contributed by atoms with Crippen molar-refractivity contribution in [1.29, 1.82) is 0 Å². The van der Waals surface area contributed by atoms with Crippen LogP contribution in [0.1, 0.15) is 24.7 Å². The number of esters is 1. The van der Waals surface area contributed by atoms with Crippen LogP contribution >= 0.6 is 0 Å². The molecule has 0 radical (unpaired) electrons. The van der Waals surface area contributed by atoms with Crippen LogP contribution in [-0.4, -0.2) is 18.2 Å². The van der Waals surface area contributed by atoms with Crippen LogP contribution in [0, 0.1) is 0 Å². The molecule has 82 valence electrons. The minimum Gasteiger partial charge on any atom is -0.467 e. The number of carbonyl (C=O) groups is 1. The molecule has 0 fully saturated rings. The van der Waals surface area contributed by atoms with Crippen LogP contribution in [0.2, 0.25) is 0 Å². The zero-order chi connectivity index (χ0) is 11.1. The summed E-state index contributed by atoms with van der Waals surface area (Å²) >= 11 is 0. The lowest BCUT2D eigenvalue weighted by atomic mass is 10.1. The highest BCUT2D eigenvalue weighted by atomic mass is 16.5. The first-order valence-corrected chi connectivity index (χ1v) is 4.70. The molecule has 1 aromatic rings. The number of hydrogen-bond acceptors (Lipinski definition) is 4. The maximum absolute atomic E-state index is 10.7. The molecular formula is C11H14O4. The summed E-state index contributed by atoms with van der Waals surface area (Å²) in [5.41, 5.74) is 0. The van der Waals surface area contributed by atoms with Crippen LogP contribution in [0.3, 0.4) is 0 Å². The van der Waals surface area contributed by atoms with E-state index in [1.54, 1.807) is 18.2 Å². The summed E-state index contributed by atoms with van der Waals surface area (Å²) in [6, 6.07) is 3.44. The Morgan fingerprint density at radius 1 is 1.73 bits per heavy atom. The Kier molecular flexibility index (Phi) is 4.63. The summed E-state index contributed by atoms with van der Waals surface area (Å²) in [7, 11) is 1.32. The number of allylic oxidation sites excluding steroid dienone is 1. The van der Waals surface area contributed by atoms with E-state index in [0.717, 1.165) is 0 Å². The number of ether oxygens (including phenoxy) is 1. The Morgan fingerprint density at radius 2 is 2.53 bits per heavy atom. The van der Waals surface area contributed by atoms with Crippen molar-refractivity contribution in [1.82, 2.24) is 0 Å². The molecule has 0 spiro atoms. The van der Waals surface area contributed by atoms with Gasteiger partial charge >= 0.3 is 5.97 Å². The molecule has 0 saturated carbocycles. The van der Waals surface area contributed by atoms with E-state index >= 15 is 0 Å². The van der Waals surface area contributed by atoms with E-state index in [4.69, 9.17) is 4.42 Å². The summed E-state index contributed by atoms with van der Waals surface area (Å²) in [6.07, 6.45) is 5.01. The highest BCUT2D eigenvalue weighted by Gasteiger charge is 2.08. The highest BCUT2D eigenvalue weighted by molar-refractivity contribution is 5.81. The maximum Gasteiger partial charge on any atom is 0.330 e. The molecule has 0 aromatic carbocycles. The topological polar surface area (TPSA) is 59.7 Å². The van der Waals surface area contributed by atoms with E-state index < -0.39 is 6.10 Å². The first kappa shape index (κ1) is 11.5. The van der Waals surface area contributed by atoms with Gasteiger partial charge in [0.2, 0.25) is 0 Å². The van der Waals surface area contributed by atoms with E-state index in [9.17, 15) is 9.90 Å². The van der Waals surface area contributed by atoms with Crippen molar-refractivity contribution in [2.45, 2.75) is 18.9 Å². The number of carbonyl (C=O) groups excluding carboxylic acids is 1. The van der Waals surface area contributed by atoms with Crippen molar-refractivity contribution >= 4 is 5.97 Å². The van der Waals surface area contributed by atoms with Crippen LogP contribution in [0.25, 0.3) is 0 Å². The SMILES string of the molecule is COC(=O)/C=C/CC[C@H](O)c1ccco1. The van der Waals surface area contributed by atoms with E-state index in [1.807, 2.05) is 0 Å². The predicted molar refractivity (Wildman–Crippen MR) is 54.1 cm³/mol. The third-order valence-corrected chi connectivity index (χ3v) is 1.93. The lowest BCUT2D eigenvalue weighted by Gasteiger charge is -2.04. The fourth-order valence-electron chi connectivity index (χ4n) is 1.12. The second-order valence-corrected chi connectivity index (χ2v) is 3.03. The average molecular weight is 210 g/mol. The number of rotatable bonds is 5. The van der Waals surface area contributed by atoms with Crippen LogP contribution in [0.5, 0.6) is 0 Å². The van der Waals surface area contributed by atoms with Gasteiger partial charge in [0.15, 0.2) is 0 Å². The Hall–Kier alpha value is -1.55. The maximum atomic E-state index is 10.7. The molecule has 0 aliphatic rings. The standard InChI is InChI=1S/C11H14O4/c1-14-11(13)7-3-2-5-9(12)10-6-4-8-15-10/h3-4,6-9,12H,2,5H2,1H3/b7-3+/t9-/m0/s1. The summed E-state index contributed by atoms with van der Waals surface area (Å²) < 4.78 is 9.45. The van der Waals surface area contributed by atoms with Gasteiger partial charge in [-0.15, -0.1) is 0 Å². The molecule has 0 aliphatic carbocycles. The number of aliphatic hydroxyl groups is 1. The van der Waals surface area contributed by atoms with Gasteiger partial charge in [0.25, 0.3) is 0 Å². The van der Waals surface area contributed by atoms with Crippen molar-refractivity contribution in [3.8, 4) is 0 Å². The van der Waals surface area contributed by atoms with Gasteiger partial charge in [0.1, 0.15) is 11.9 Å². The molecule has 1 rings (SSSR count). The lowest BCUT2D eigenvalue weighted by Crippen LogP contribution is -1.96. The van der Waals surface area contributed by atoms with Gasteiger partial charge in [-0.05, 0) is 25.0 Å². The van der Waals surface area contributed by atoms with Crippen LogP contribution in [0.15, 0.2) is 35.0 Å². The minimum absolute atomic E-state index is 0.387. The van der Waals surface area contributed by atoms with Crippen LogP contribution in [-0.2, 0) is 9.53 Å². The molecule has 0 unspecified atom stereocenters. The first-order chi connectivity index (χ1) is 7.24. The van der Waals surface area contributed by atoms with Gasteiger partial charge in [-0.2, -0.15) is 0 Å². The smallest absolute Gasteiger partial charge is 0.330 e. The van der Waals surface area contributed by atoms with Gasteiger partial charge in [-0.25, -0.2) is 4.79 Å². The molecule has 15 heavy (non-hydrogen) atoms. The fraction of sp³-hybridized carbons (Fsp3) is 0.364. The average Bonchev–Trinajstić information content (AvgIpc) is 2.77. The lowest BCUT2D eigenvalue weighted by molar-refractivity contribution is -0.134. The molecule has 0 aliphatic heterocycles. The third kappa shape index (κ3) is 3.99. The Bertz CT molecular complexity index is 313.